The van der Waals surface area contributed by atoms with Crippen LogP contribution in [0.5, 0.6) is 0 Å². The summed E-state index contributed by atoms with van der Waals surface area (Å²) in [6, 6.07) is 177. The Kier molecular flexibility index (Phi) is 22.1. The van der Waals surface area contributed by atoms with E-state index < -0.39 is 0 Å². The van der Waals surface area contributed by atoms with Gasteiger partial charge in [0.05, 0.1) is 11.7 Å². The third-order valence-electron chi connectivity index (χ3n) is 23.0. The summed E-state index contributed by atoms with van der Waals surface area (Å²) in [6.07, 6.45) is 0. The number of thiophene rings is 2. The highest BCUT2D eigenvalue weighted by Gasteiger charge is 2.27. The lowest BCUT2D eigenvalue weighted by molar-refractivity contribution is 1.50. The predicted molar refractivity (Wildman–Crippen MR) is 523 cm³/mol. The minimum Gasteiger partial charge on any atom is -0.172 e. The lowest BCUT2D eigenvalue weighted by Gasteiger charge is -2.18. The van der Waals surface area contributed by atoms with Crippen LogP contribution in [-0.4, -0.2) is 8.75 Å². The van der Waals surface area contributed by atoms with Gasteiger partial charge in [-0.3, -0.25) is 0 Å². The molecule has 0 atom stereocenters. The molecule has 0 aliphatic heterocycles. The van der Waals surface area contributed by atoms with E-state index in [1.807, 2.05) is 22.7 Å². The van der Waals surface area contributed by atoms with Crippen LogP contribution >= 0.6 is 34.4 Å². The fourth-order valence-corrected chi connectivity index (χ4v) is 20.3. The highest BCUT2D eigenvalue weighted by atomic mass is 32.1. The molecule has 0 saturated heterocycles. The number of nitrogens with zero attached hydrogens (tertiary/aromatic N) is 2. The Morgan fingerprint density at radius 2 is 0.301 bits per heavy atom. The second-order valence-corrected chi connectivity index (χ2v) is 33.2. The van der Waals surface area contributed by atoms with E-state index in [1.54, 1.807) is 0 Å². The maximum absolute atomic E-state index is 5.40. The van der Waals surface area contributed by atoms with Crippen LogP contribution in [0.4, 0.5) is 0 Å². The average molecular weight is 1620 g/mol. The Bertz CT molecular complexity index is 6570. The van der Waals surface area contributed by atoms with E-state index >= 15 is 0 Å². The molecule has 0 unspecified atom stereocenters. The molecule has 20 aromatic rings. The van der Waals surface area contributed by atoms with Crippen LogP contribution in [0.3, 0.4) is 0 Å². The monoisotopic (exact) mass is 1620 g/mol. The second kappa shape index (κ2) is 35.5. The molecule has 123 heavy (non-hydrogen) atoms. The Morgan fingerprint density at radius 1 is 0.146 bits per heavy atom. The maximum Gasteiger partial charge on any atom is 0.114 e. The fourth-order valence-electron chi connectivity index (χ4n) is 17.3. The molecule has 3 aromatic heterocycles. The largest absolute Gasteiger partial charge is 0.172 e. The molecule has 0 N–H and O–H groups in total. The molecular weight excluding hydrogens is 1540 g/mol. The van der Waals surface area contributed by atoms with Crippen molar-refractivity contribution in [2.24, 2.45) is 0 Å². The van der Waals surface area contributed by atoms with Crippen LogP contribution in [0.25, 0.3) is 120 Å². The van der Waals surface area contributed by atoms with Crippen LogP contribution in [-0.2, 0) is 0 Å². The zero-order chi connectivity index (χ0) is 82.0. The van der Waals surface area contributed by atoms with E-state index in [0.29, 0.717) is 0 Å². The number of rotatable bonds is 22. The molecule has 17 aromatic carbocycles. The van der Waals surface area contributed by atoms with Gasteiger partial charge in [0.1, 0.15) is 11.0 Å². The average Bonchev–Trinajstić information content (AvgIpc) is 1.62. The SMILES string of the molecule is c1ccc(C(=C(c2ccccc2)c2ccc(-c3cc(-c4ccc(C(=C(c5ccccc5)c5ccccc5)c5ccccc5)cc4)c(-c4ccc(-c5sc(-c6ccc(C(=C(c7ccccc7)c7ccccc7)c7ccccc7)cc6)cc5-c5ccc(C(=C(c6ccccc6)c6ccccc6)c6ccccc6)cc5)c5nsnc45)s3)cc2)c2ccccc2)cc1. The van der Waals surface area contributed by atoms with Crippen molar-refractivity contribution in [3.63, 3.8) is 0 Å². The van der Waals surface area contributed by atoms with Crippen molar-refractivity contribution in [1.82, 2.24) is 8.75 Å². The summed E-state index contributed by atoms with van der Waals surface area (Å²) in [6.45, 7) is 0. The first kappa shape index (κ1) is 76.6. The Hall–Kier alpha value is -15.1. The van der Waals surface area contributed by atoms with Gasteiger partial charge in [-0.25, -0.2) is 0 Å². The molecule has 0 amide bonds. The van der Waals surface area contributed by atoms with E-state index in [9.17, 15) is 0 Å². The van der Waals surface area contributed by atoms with Crippen molar-refractivity contribution >= 4 is 90.0 Å². The lowest BCUT2D eigenvalue weighted by Crippen LogP contribution is -1.97. The Morgan fingerprint density at radius 3 is 0.472 bits per heavy atom. The molecule has 0 radical (unpaired) electrons. The number of hydrogen-bond donors (Lipinski definition) is 0. The summed E-state index contributed by atoms with van der Waals surface area (Å²) in [7, 11) is 0. The first-order chi connectivity index (χ1) is 61.1. The first-order valence-electron chi connectivity index (χ1n) is 41.7. The quantitative estimate of drug-likeness (QED) is 0.0632. The van der Waals surface area contributed by atoms with E-state index in [4.69, 9.17) is 8.75 Å². The number of aromatic nitrogens is 2. The van der Waals surface area contributed by atoms with Crippen molar-refractivity contribution in [3.05, 3.63) is 574 Å². The number of fused-ring (bicyclic) bond motifs is 1. The first-order valence-corrected chi connectivity index (χ1v) is 44.0. The van der Waals surface area contributed by atoms with Gasteiger partial charge < -0.3 is 0 Å². The number of hydrogen-bond acceptors (Lipinski definition) is 5. The molecular formula is C118H80N2S3. The van der Waals surface area contributed by atoms with E-state index in [1.165, 1.54) is 45.2 Å². The minimum atomic E-state index is 0.858. The van der Waals surface area contributed by atoms with Crippen molar-refractivity contribution < 1.29 is 0 Å². The predicted octanol–water partition coefficient (Wildman–Crippen LogP) is 31.8. The van der Waals surface area contributed by atoms with Gasteiger partial charge in [-0.1, -0.05) is 473 Å². The summed E-state index contributed by atoms with van der Waals surface area (Å²) in [5.41, 5.74) is 38.1. The lowest BCUT2D eigenvalue weighted by atomic mass is 9.85. The molecule has 0 bridgehead atoms. The van der Waals surface area contributed by atoms with Crippen molar-refractivity contribution in [2.75, 3.05) is 0 Å². The van der Waals surface area contributed by atoms with Gasteiger partial charge in [0.2, 0.25) is 0 Å². The number of benzene rings is 17. The second-order valence-electron chi connectivity index (χ2n) is 30.5. The maximum atomic E-state index is 5.40. The smallest absolute Gasteiger partial charge is 0.114 e. The normalized spacial score (nSPS) is 11.1. The summed E-state index contributed by atoms with van der Waals surface area (Å²) < 4.78 is 10.8. The summed E-state index contributed by atoms with van der Waals surface area (Å²) in [5.74, 6) is 0. The Balaban J connectivity index is 0.763. The molecule has 20 rings (SSSR count). The van der Waals surface area contributed by atoms with Crippen molar-refractivity contribution in [1.29, 1.82) is 0 Å². The van der Waals surface area contributed by atoms with Gasteiger partial charge in [0.25, 0.3) is 0 Å². The van der Waals surface area contributed by atoms with Gasteiger partial charge in [0.15, 0.2) is 0 Å². The van der Waals surface area contributed by atoms with Crippen LogP contribution in [0.15, 0.2) is 485 Å². The molecule has 0 spiro atoms. The third kappa shape index (κ3) is 15.9. The molecule has 0 aliphatic carbocycles. The van der Waals surface area contributed by atoms with Crippen molar-refractivity contribution in [2.45, 2.75) is 0 Å². The molecule has 3 heterocycles. The van der Waals surface area contributed by atoms with Gasteiger partial charge in [-0.05, 0) is 168 Å². The third-order valence-corrected chi connectivity index (χ3v) is 26.0. The van der Waals surface area contributed by atoms with Crippen LogP contribution in [0.1, 0.15) is 89.0 Å². The van der Waals surface area contributed by atoms with E-state index in [2.05, 4.69) is 485 Å². The van der Waals surface area contributed by atoms with Crippen LogP contribution < -0.4 is 0 Å². The highest BCUT2D eigenvalue weighted by molar-refractivity contribution is 7.20. The van der Waals surface area contributed by atoms with Gasteiger partial charge in [-0.2, -0.15) is 8.75 Å². The molecule has 0 aliphatic rings. The van der Waals surface area contributed by atoms with Gasteiger partial charge in [-0.15, -0.1) is 22.7 Å². The van der Waals surface area contributed by atoms with E-state index in [-0.39, 0.29) is 0 Å². The minimum absolute atomic E-state index is 0.858. The van der Waals surface area contributed by atoms with Crippen molar-refractivity contribution in [3.8, 4) is 64.0 Å². The van der Waals surface area contributed by atoms with E-state index in [0.717, 1.165) is 175 Å². The zero-order valence-electron chi connectivity index (χ0n) is 67.3. The molecule has 2 nitrogen and oxygen atoms in total. The standard InChI is InChI=1S/C118H80N2S3/c1-13-37-85(38-14-1)107(86-39-15-2-16-40-86)111(93-53-29-9-30-54-93)97-69-61-81(62-70-97)103-79-105(83-65-73-99(74-66-83)113(95-57-33-11-34-58-95)109(89-45-21-5-22-46-89)90-47-23-6-24-48-90)121-117(103)101-77-78-102(116-115(101)119-123-120-116)118-104(82-63-71-98(72-64-82)112(94-55-31-10-32-56-94)108(87-41-17-3-18-42-87)88-43-19-4-20-44-88)80-106(122-118)84-67-75-100(76-68-84)114(96-59-35-12-36-60-96)110(91-49-25-7-26-50-91)92-51-27-8-28-52-92/h1-80H. The highest BCUT2D eigenvalue weighted by Crippen LogP contribution is 2.52. The van der Waals surface area contributed by atoms with Crippen LogP contribution in [0.2, 0.25) is 0 Å². The van der Waals surface area contributed by atoms with Gasteiger partial charge >= 0.3 is 0 Å². The topological polar surface area (TPSA) is 25.8 Å². The van der Waals surface area contributed by atoms with Gasteiger partial charge in [0, 0.05) is 41.8 Å². The zero-order valence-corrected chi connectivity index (χ0v) is 69.8. The molecule has 5 heteroatoms. The Labute approximate surface area is 731 Å². The van der Waals surface area contributed by atoms with Crippen LogP contribution in [0, 0.1) is 0 Å². The summed E-state index contributed by atoms with van der Waals surface area (Å²) in [4.78, 5) is 4.50. The summed E-state index contributed by atoms with van der Waals surface area (Å²) in [5, 5.41) is 0. The molecule has 0 fully saturated rings. The summed E-state index contributed by atoms with van der Waals surface area (Å²) >= 11 is 4.90. The fraction of sp³-hybridized carbons (Fsp3) is 0. The molecule has 580 valence electrons. The molecule has 0 saturated carbocycles.